The molecule has 0 radical (unpaired) electrons. The topological polar surface area (TPSA) is 123 Å². The zero-order valence-corrected chi connectivity index (χ0v) is 29.1. The number of pyridine rings is 1. The number of nitrogens with one attached hydrogen (secondary N) is 1. The van der Waals surface area contributed by atoms with Gasteiger partial charge in [0, 0.05) is 79.1 Å². The van der Waals surface area contributed by atoms with Crippen molar-refractivity contribution in [2.45, 2.75) is 56.9 Å². The SMILES string of the molecule is COc1ccc2c(c1)CC(c1cc(C(=O)N3CCOCC3)ccn1)Cn1c-2c(C2CCCCC2)c2ccc(C(=O)NS(=O)(=O)N(C)C)cc21. The van der Waals surface area contributed by atoms with E-state index in [0.29, 0.717) is 50.8 Å². The van der Waals surface area contributed by atoms with E-state index < -0.39 is 16.1 Å². The van der Waals surface area contributed by atoms with Crippen LogP contribution in [0.3, 0.4) is 0 Å². The fraction of sp³-hybridized carbons (Fsp3) is 0.432. The van der Waals surface area contributed by atoms with Crippen LogP contribution in [-0.2, 0) is 27.9 Å². The van der Waals surface area contributed by atoms with Crippen molar-refractivity contribution in [2.24, 2.45) is 0 Å². The van der Waals surface area contributed by atoms with Gasteiger partial charge in [0.25, 0.3) is 11.8 Å². The van der Waals surface area contributed by atoms with Crippen molar-refractivity contribution < 1.29 is 27.5 Å². The molecule has 11 nitrogen and oxygen atoms in total. The fourth-order valence-electron chi connectivity index (χ4n) is 7.67. The molecule has 1 saturated heterocycles. The molecule has 2 fully saturated rings. The third kappa shape index (κ3) is 6.44. The van der Waals surface area contributed by atoms with Gasteiger partial charge in [0.2, 0.25) is 0 Å². The highest BCUT2D eigenvalue weighted by Gasteiger charge is 2.33. The van der Waals surface area contributed by atoms with Gasteiger partial charge >= 0.3 is 10.2 Å². The molecule has 1 saturated carbocycles. The molecule has 2 aromatic carbocycles. The molecule has 1 unspecified atom stereocenters. The molecule has 2 amide bonds. The maximum absolute atomic E-state index is 13.5. The predicted octanol–water partition coefficient (Wildman–Crippen LogP) is 5.11. The molecule has 2 aliphatic heterocycles. The summed E-state index contributed by atoms with van der Waals surface area (Å²) in [4.78, 5) is 33.5. The third-order valence-corrected chi connectivity index (χ3v) is 11.7. The van der Waals surface area contributed by atoms with Crippen LogP contribution in [0.1, 0.15) is 81.5 Å². The number of methoxy groups -OCH3 is 1. The second-order valence-electron chi connectivity index (χ2n) is 13.5. The average Bonchev–Trinajstić information content (AvgIpc) is 3.33. The van der Waals surface area contributed by atoms with Gasteiger partial charge in [0.05, 0.1) is 26.0 Å². The standard InChI is InChI=1S/C37H43N5O6S/c1-40(2)49(45,46)39-36(43)25-9-11-31-33(22-25)42-23-28(32-21-26(13-14-38-32)37(44)41-15-17-48-18-16-41)19-27-20-29(47-3)10-12-30(27)35(42)34(31)24-7-5-4-6-8-24/h9-14,20-22,24,28H,4-8,15-19,23H2,1-3H3,(H,39,43). The smallest absolute Gasteiger partial charge is 0.303 e. The Bertz CT molecular complexity index is 2010. The van der Waals surface area contributed by atoms with Crippen molar-refractivity contribution >= 4 is 32.9 Å². The van der Waals surface area contributed by atoms with Crippen LogP contribution >= 0.6 is 0 Å². The quantitative estimate of drug-likeness (QED) is 0.287. The first kappa shape index (κ1) is 33.2. The molecule has 1 N–H and O–H groups in total. The van der Waals surface area contributed by atoms with Crippen molar-refractivity contribution in [2.75, 3.05) is 47.5 Å². The summed E-state index contributed by atoms with van der Waals surface area (Å²) in [6, 6.07) is 15.5. The largest absolute Gasteiger partial charge is 0.497 e. The predicted molar refractivity (Wildman–Crippen MR) is 187 cm³/mol. The summed E-state index contributed by atoms with van der Waals surface area (Å²) < 4.78 is 41.8. The highest BCUT2D eigenvalue weighted by atomic mass is 32.2. The minimum absolute atomic E-state index is 0.0299. The van der Waals surface area contributed by atoms with Crippen molar-refractivity contribution in [1.82, 2.24) is 23.5 Å². The molecule has 49 heavy (non-hydrogen) atoms. The summed E-state index contributed by atoms with van der Waals surface area (Å²) in [5.41, 5.74) is 7.20. The Morgan fingerprint density at radius 3 is 2.47 bits per heavy atom. The lowest BCUT2D eigenvalue weighted by atomic mass is 9.81. The molecule has 1 aliphatic carbocycles. The van der Waals surface area contributed by atoms with E-state index in [1.165, 1.54) is 26.1 Å². The maximum atomic E-state index is 13.5. The number of benzene rings is 2. The van der Waals surface area contributed by atoms with E-state index in [0.717, 1.165) is 69.2 Å². The van der Waals surface area contributed by atoms with Gasteiger partial charge in [-0.25, -0.2) is 4.72 Å². The fourth-order valence-corrected chi connectivity index (χ4v) is 8.20. The Kier molecular flexibility index (Phi) is 9.21. The van der Waals surface area contributed by atoms with E-state index in [4.69, 9.17) is 14.5 Å². The van der Waals surface area contributed by atoms with Gasteiger partial charge in [0.1, 0.15) is 5.75 Å². The van der Waals surface area contributed by atoms with E-state index in [1.54, 1.807) is 25.4 Å². The molecule has 12 heteroatoms. The normalized spacial score (nSPS) is 18.5. The number of morpholine rings is 1. The van der Waals surface area contributed by atoms with Gasteiger partial charge in [-0.2, -0.15) is 12.7 Å². The van der Waals surface area contributed by atoms with Crippen LogP contribution in [0.4, 0.5) is 0 Å². The molecular weight excluding hydrogens is 643 g/mol. The number of amides is 2. The number of hydrogen-bond acceptors (Lipinski definition) is 7. The average molecular weight is 686 g/mol. The van der Waals surface area contributed by atoms with Gasteiger partial charge < -0.3 is 18.9 Å². The molecule has 0 spiro atoms. The first-order valence-corrected chi connectivity index (χ1v) is 18.5. The minimum Gasteiger partial charge on any atom is -0.497 e. The Labute approximate surface area is 287 Å². The molecular formula is C37H43N5O6S. The van der Waals surface area contributed by atoms with E-state index >= 15 is 0 Å². The van der Waals surface area contributed by atoms with E-state index in [2.05, 4.69) is 21.4 Å². The summed E-state index contributed by atoms with van der Waals surface area (Å²) in [7, 11) is 0.459. The maximum Gasteiger partial charge on any atom is 0.303 e. The first-order chi connectivity index (χ1) is 23.6. The number of hydrogen-bond donors (Lipinski definition) is 1. The van der Waals surface area contributed by atoms with Gasteiger partial charge in [-0.3, -0.25) is 14.6 Å². The number of carbonyl (C=O) groups is 2. The number of nitrogens with zero attached hydrogens (tertiary/aromatic N) is 4. The second kappa shape index (κ2) is 13.6. The number of aromatic nitrogens is 2. The summed E-state index contributed by atoms with van der Waals surface area (Å²) >= 11 is 0. The lowest BCUT2D eigenvalue weighted by Crippen LogP contribution is -2.40. The van der Waals surface area contributed by atoms with Crippen molar-refractivity contribution in [3.8, 4) is 17.0 Å². The number of ether oxygens (including phenoxy) is 2. The molecule has 1 atom stereocenters. The molecule has 2 aromatic heterocycles. The highest BCUT2D eigenvalue weighted by molar-refractivity contribution is 7.87. The zero-order chi connectivity index (χ0) is 34.3. The highest BCUT2D eigenvalue weighted by Crippen LogP contribution is 2.48. The Morgan fingerprint density at radius 1 is 0.959 bits per heavy atom. The minimum atomic E-state index is -3.98. The van der Waals surface area contributed by atoms with Crippen LogP contribution in [0.2, 0.25) is 0 Å². The number of fused-ring (bicyclic) bond motifs is 5. The van der Waals surface area contributed by atoms with E-state index in [-0.39, 0.29) is 17.4 Å². The summed E-state index contributed by atoms with van der Waals surface area (Å²) in [5, 5.41) is 1.07. The van der Waals surface area contributed by atoms with Crippen molar-refractivity contribution in [3.05, 3.63) is 82.7 Å². The zero-order valence-electron chi connectivity index (χ0n) is 28.3. The van der Waals surface area contributed by atoms with Crippen LogP contribution in [0.15, 0.2) is 54.7 Å². The summed E-state index contributed by atoms with van der Waals surface area (Å²) in [6.07, 6.45) is 8.09. The summed E-state index contributed by atoms with van der Waals surface area (Å²) in [5.74, 6) is 0.298. The molecule has 4 heterocycles. The van der Waals surface area contributed by atoms with Crippen molar-refractivity contribution in [1.29, 1.82) is 0 Å². The van der Waals surface area contributed by atoms with Crippen LogP contribution in [0.25, 0.3) is 22.2 Å². The van der Waals surface area contributed by atoms with E-state index in [9.17, 15) is 18.0 Å². The second-order valence-corrected chi connectivity index (χ2v) is 15.3. The van der Waals surface area contributed by atoms with Gasteiger partial charge in [-0.05, 0) is 78.8 Å². The third-order valence-electron chi connectivity index (χ3n) is 10.3. The Balaban J connectivity index is 1.39. The lowest BCUT2D eigenvalue weighted by molar-refractivity contribution is 0.0302. The first-order valence-electron chi connectivity index (χ1n) is 17.1. The van der Waals surface area contributed by atoms with Crippen LogP contribution < -0.4 is 9.46 Å². The molecule has 7 rings (SSSR count). The van der Waals surface area contributed by atoms with Crippen LogP contribution in [-0.4, -0.2) is 86.5 Å². The van der Waals surface area contributed by atoms with Gasteiger partial charge in [-0.1, -0.05) is 25.3 Å². The Morgan fingerprint density at radius 2 is 1.73 bits per heavy atom. The molecule has 0 bridgehead atoms. The van der Waals surface area contributed by atoms with E-state index in [1.807, 2.05) is 29.2 Å². The van der Waals surface area contributed by atoms with Crippen LogP contribution in [0.5, 0.6) is 5.75 Å². The number of carbonyl (C=O) groups excluding carboxylic acids is 2. The summed E-state index contributed by atoms with van der Waals surface area (Å²) in [6.45, 7) is 2.72. The molecule has 258 valence electrons. The molecule has 3 aliphatic rings. The van der Waals surface area contributed by atoms with Crippen molar-refractivity contribution in [3.63, 3.8) is 0 Å². The molecule has 4 aromatic rings. The number of rotatable bonds is 7. The van der Waals surface area contributed by atoms with Gasteiger partial charge in [-0.15, -0.1) is 0 Å². The Hall–Kier alpha value is -4.26. The monoisotopic (exact) mass is 685 g/mol. The van der Waals surface area contributed by atoms with Gasteiger partial charge in [0.15, 0.2) is 0 Å². The van der Waals surface area contributed by atoms with Crippen LogP contribution in [0, 0.1) is 0 Å². The lowest BCUT2D eigenvalue weighted by Gasteiger charge is -2.27.